The van der Waals surface area contributed by atoms with E-state index in [0.717, 1.165) is 16.3 Å². The quantitative estimate of drug-likeness (QED) is 0.481. The summed E-state index contributed by atoms with van der Waals surface area (Å²) in [6, 6.07) is 7.79. The molecule has 0 aliphatic rings. The maximum atomic E-state index is 11.3. The molecule has 0 atom stereocenters. The van der Waals surface area contributed by atoms with Crippen molar-refractivity contribution in [3.8, 4) is 5.75 Å². The first-order chi connectivity index (χ1) is 7.99. The Morgan fingerprint density at radius 3 is 2.41 bits per heavy atom. The zero-order chi connectivity index (χ0) is 12.8. The molecule has 0 fully saturated rings. The van der Waals surface area contributed by atoms with Crippen LogP contribution in [0.3, 0.4) is 0 Å². The van der Waals surface area contributed by atoms with Gasteiger partial charge in [0.1, 0.15) is 5.75 Å². The fourth-order valence-corrected chi connectivity index (χ4v) is 1.43. The van der Waals surface area contributed by atoms with Crippen molar-refractivity contribution < 1.29 is 9.53 Å². The molecule has 4 heteroatoms. The summed E-state index contributed by atoms with van der Waals surface area (Å²) in [7, 11) is 1.56. The van der Waals surface area contributed by atoms with Gasteiger partial charge < -0.3 is 4.74 Å². The highest BCUT2D eigenvalue weighted by Gasteiger charge is 2.05. The van der Waals surface area contributed by atoms with Gasteiger partial charge in [-0.05, 0) is 38.0 Å². The van der Waals surface area contributed by atoms with Gasteiger partial charge in [0.2, 0.25) is 5.91 Å². The second-order valence-electron chi connectivity index (χ2n) is 4.32. The first-order valence-corrected chi connectivity index (χ1v) is 5.76. The Kier molecular flexibility index (Phi) is 4.97. The van der Waals surface area contributed by atoms with Crippen molar-refractivity contribution in [1.82, 2.24) is 5.01 Å². The van der Waals surface area contributed by atoms with Gasteiger partial charge in [-0.25, -0.2) is 5.84 Å². The van der Waals surface area contributed by atoms with E-state index in [4.69, 9.17) is 10.6 Å². The number of nitrogens with two attached hydrogens (primary N) is 1. The summed E-state index contributed by atoms with van der Waals surface area (Å²) in [5.41, 5.74) is 1.11. The van der Waals surface area contributed by atoms with E-state index in [1.165, 1.54) is 0 Å². The summed E-state index contributed by atoms with van der Waals surface area (Å²) in [5.74, 6) is 6.13. The van der Waals surface area contributed by atoms with Crippen LogP contribution in [0.15, 0.2) is 24.3 Å². The molecular formula is C13H20N2O2. The number of carbonyl (C=O) groups excluding carboxylic acids is 1. The zero-order valence-electron chi connectivity index (χ0n) is 10.6. The fraction of sp³-hybridized carbons (Fsp3) is 0.462. The van der Waals surface area contributed by atoms with E-state index in [0.29, 0.717) is 12.8 Å². The Hall–Kier alpha value is -1.55. The van der Waals surface area contributed by atoms with Gasteiger partial charge in [0.15, 0.2) is 0 Å². The van der Waals surface area contributed by atoms with Crippen molar-refractivity contribution in [3.05, 3.63) is 29.8 Å². The van der Waals surface area contributed by atoms with E-state index in [2.05, 4.69) is 0 Å². The summed E-state index contributed by atoms with van der Waals surface area (Å²) in [6.45, 7) is 3.98. The normalized spacial score (nSPS) is 10.4. The second-order valence-corrected chi connectivity index (χ2v) is 4.32. The number of benzene rings is 1. The minimum absolute atomic E-state index is 0.0625. The van der Waals surface area contributed by atoms with Gasteiger partial charge in [0.25, 0.3) is 0 Å². The van der Waals surface area contributed by atoms with Crippen LogP contribution in [0.4, 0.5) is 0 Å². The lowest BCUT2D eigenvalue weighted by atomic mass is 10.1. The van der Waals surface area contributed by atoms with Crippen LogP contribution in [0.25, 0.3) is 0 Å². The zero-order valence-corrected chi connectivity index (χ0v) is 10.6. The van der Waals surface area contributed by atoms with E-state index in [-0.39, 0.29) is 12.0 Å². The SMILES string of the molecule is CC(C)Oc1ccc(CCC(=O)N(C)N)cc1. The first-order valence-electron chi connectivity index (χ1n) is 5.76. The number of hydrogen-bond acceptors (Lipinski definition) is 3. The van der Waals surface area contributed by atoms with E-state index < -0.39 is 0 Å². The van der Waals surface area contributed by atoms with Gasteiger partial charge >= 0.3 is 0 Å². The molecule has 94 valence electrons. The molecule has 1 aromatic rings. The van der Waals surface area contributed by atoms with Crippen molar-refractivity contribution in [3.63, 3.8) is 0 Å². The van der Waals surface area contributed by atoms with Gasteiger partial charge in [0, 0.05) is 13.5 Å². The van der Waals surface area contributed by atoms with Crippen molar-refractivity contribution in [2.45, 2.75) is 32.8 Å². The van der Waals surface area contributed by atoms with Crippen molar-refractivity contribution in [2.75, 3.05) is 7.05 Å². The molecule has 0 unspecified atom stereocenters. The number of hydrazine groups is 1. The highest BCUT2D eigenvalue weighted by atomic mass is 16.5. The molecule has 4 nitrogen and oxygen atoms in total. The lowest BCUT2D eigenvalue weighted by molar-refractivity contribution is -0.130. The average molecular weight is 236 g/mol. The molecule has 0 spiro atoms. The third-order valence-electron chi connectivity index (χ3n) is 2.32. The van der Waals surface area contributed by atoms with E-state index in [9.17, 15) is 4.79 Å². The Morgan fingerprint density at radius 1 is 1.35 bits per heavy atom. The molecule has 0 saturated heterocycles. The summed E-state index contributed by atoms with van der Waals surface area (Å²) >= 11 is 0. The van der Waals surface area contributed by atoms with Crippen LogP contribution in [0, 0.1) is 0 Å². The highest BCUT2D eigenvalue weighted by Crippen LogP contribution is 2.14. The van der Waals surface area contributed by atoms with E-state index in [1.807, 2.05) is 38.1 Å². The van der Waals surface area contributed by atoms with Crippen molar-refractivity contribution in [1.29, 1.82) is 0 Å². The number of aryl methyl sites for hydroxylation is 1. The lowest BCUT2D eigenvalue weighted by Crippen LogP contribution is -2.33. The van der Waals surface area contributed by atoms with Crippen molar-refractivity contribution >= 4 is 5.91 Å². The molecule has 1 amide bonds. The average Bonchev–Trinajstić information content (AvgIpc) is 2.26. The molecular weight excluding hydrogens is 216 g/mol. The van der Waals surface area contributed by atoms with Gasteiger partial charge in [0.05, 0.1) is 6.10 Å². The van der Waals surface area contributed by atoms with Crippen LogP contribution in [-0.4, -0.2) is 24.1 Å². The molecule has 0 aliphatic carbocycles. The summed E-state index contributed by atoms with van der Waals surface area (Å²) in [4.78, 5) is 11.3. The molecule has 1 rings (SSSR count). The molecule has 0 aliphatic heterocycles. The van der Waals surface area contributed by atoms with Gasteiger partial charge in [-0.15, -0.1) is 0 Å². The molecule has 0 aromatic heterocycles. The van der Waals surface area contributed by atoms with Crippen LogP contribution < -0.4 is 10.6 Å². The second kappa shape index (κ2) is 6.25. The maximum Gasteiger partial charge on any atom is 0.236 e. The van der Waals surface area contributed by atoms with E-state index >= 15 is 0 Å². The number of hydrogen-bond donors (Lipinski definition) is 1. The van der Waals surface area contributed by atoms with Crippen LogP contribution in [0.1, 0.15) is 25.8 Å². The molecule has 1 aromatic carbocycles. The van der Waals surface area contributed by atoms with Gasteiger partial charge in [-0.1, -0.05) is 12.1 Å². The number of ether oxygens (including phenoxy) is 1. The molecule has 0 heterocycles. The monoisotopic (exact) mass is 236 g/mol. The fourth-order valence-electron chi connectivity index (χ4n) is 1.43. The smallest absolute Gasteiger partial charge is 0.236 e. The molecule has 0 bridgehead atoms. The number of amides is 1. The Bertz CT molecular complexity index is 358. The largest absolute Gasteiger partial charge is 0.491 e. The first kappa shape index (κ1) is 13.5. The summed E-state index contributed by atoms with van der Waals surface area (Å²) in [5, 5.41) is 1.12. The Balaban J connectivity index is 2.48. The Labute approximate surface area is 102 Å². The highest BCUT2D eigenvalue weighted by molar-refractivity contribution is 5.75. The number of nitrogens with zero attached hydrogens (tertiary/aromatic N) is 1. The molecule has 2 N–H and O–H groups in total. The van der Waals surface area contributed by atoms with Crippen LogP contribution in [0.5, 0.6) is 5.75 Å². The minimum atomic E-state index is -0.0625. The van der Waals surface area contributed by atoms with E-state index in [1.54, 1.807) is 7.05 Å². The third kappa shape index (κ3) is 4.87. The minimum Gasteiger partial charge on any atom is -0.491 e. The molecule has 0 radical (unpaired) electrons. The number of carbonyl (C=O) groups is 1. The Morgan fingerprint density at radius 2 is 1.94 bits per heavy atom. The van der Waals surface area contributed by atoms with Crippen LogP contribution in [-0.2, 0) is 11.2 Å². The van der Waals surface area contributed by atoms with Crippen molar-refractivity contribution in [2.24, 2.45) is 5.84 Å². The predicted molar refractivity (Wildman–Crippen MR) is 67.5 cm³/mol. The third-order valence-corrected chi connectivity index (χ3v) is 2.32. The lowest BCUT2D eigenvalue weighted by Gasteiger charge is -2.11. The van der Waals surface area contributed by atoms with Crippen LogP contribution >= 0.6 is 0 Å². The number of rotatable bonds is 5. The topological polar surface area (TPSA) is 55.6 Å². The van der Waals surface area contributed by atoms with Gasteiger partial charge in [-0.2, -0.15) is 0 Å². The summed E-state index contributed by atoms with van der Waals surface area (Å²) in [6.07, 6.45) is 1.30. The summed E-state index contributed by atoms with van der Waals surface area (Å²) < 4.78 is 5.54. The molecule has 17 heavy (non-hydrogen) atoms. The maximum absolute atomic E-state index is 11.3. The standard InChI is InChI=1S/C13H20N2O2/c1-10(2)17-12-7-4-11(5-8-12)6-9-13(16)15(3)14/h4-5,7-8,10H,6,9,14H2,1-3H3. The van der Waals surface area contributed by atoms with Crippen LogP contribution in [0.2, 0.25) is 0 Å². The molecule has 0 saturated carbocycles. The van der Waals surface area contributed by atoms with Gasteiger partial charge in [-0.3, -0.25) is 9.80 Å². The predicted octanol–water partition coefficient (Wildman–Crippen LogP) is 1.74.